The van der Waals surface area contributed by atoms with Gasteiger partial charge in [0.2, 0.25) is 5.91 Å². The van der Waals surface area contributed by atoms with Crippen molar-refractivity contribution >= 4 is 17.7 Å². The van der Waals surface area contributed by atoms with E-state index >= 15 is 0 Å². The van der Waals surface area contributed by atoms with Crippen molar-refractivity contribution in [1.29, 1.82) is 0 Å². The van der Waals surface area contributed by atoms with Crippen LogP contribution in [0.25, 0.3) is 0 Å². The summed E-state index contributed by atoms with van der Waals surface area (Å²) in [6.45, 7) is 0.634. The second kappa shape index (κ2) is 6.63. The SMILES string of the molecule is O=C(CSc1ccccn1)NC1CCOc2ccccc21. The Balaban J connectivity index is 1.58. The van der Waals surface area contributed by atoms with E-state index in [1.807, 2.05) is 42.5 Å². The van der Waals surface area contributed by atoms with Crippen LogP contribution in [-0.2, 0) is 4.79 Å². The number of rotatable bonds is 4. The molecule has 2 heterocycles. The van der Waals surface area contributed by atoms with Crippen LogP contribution in [0, 0.1) is 0 Å². The Morgan fingerprint density at radius 1 is 1.29 bits per heavy atom. The molecular weight excluding hydrogens is 284 g/mol. The van der Waals surface area contributed by atoms with Gasteiger partial charge in [0.25, 0.3) is 0 Å². The number of aromatic nitrogens is 1. The van der Waals surface area contributed by atoms with Crippen molar-refractivity contribution in [2.24, 2.45) is 0 Å². The summed E-state index contributed by atoms with van der Waals surface area (Å²) in [4.78, 5) is 16.3. The van der Waals surface area contributed by atoms with Gasteiger partial charge in [-0.2, -0.15) is 0 Å². The van der Waals surface area contributed by atoms with Gasteiger partial charge in [-0.3, -0.25) is 4.79 Å². The molecule has 1 N–H and O–H groups in total. The van der Waals surface area contributed by atoms with Gasteiger partial charge in [0.05, 0.1) is 23.4 Å². The third kappa shape index (κ3) is 3.55. The summed E-state index contributed by atoms with van der Waals surface area (Å²) in [5, 5.41) is 3.94. The lowest BCUT2D eigenvalue weighted by atomic mass is 10.0. The smallest absolute Gasteiger partial charge is 0.230 e. The first-order chi connectivity index (χ1) is 10.3. The van der Waals surface area contributed by atoms with E-state index in [-0.39, 0.29) is 11.9 Å². The molecule has 1 aromatic carbocycles. The van der Waals surface area contributed by atoms with E-state index in [0.717, 1.165) is 22.8 Å². The van der Waals surface area contributed by atoms with Crippen molar-refractivity contribution in [3.8, 4) is 5.75 Å². The zero-order valence-electron chi connectivity index (χ0n) is 11.5. The molecule has 5 heteroatoms. The van der Waals surface area contributed by atoms with Gasteiger partial charge in [-0.25, -0.2) is 4.98 Å². The quantitative estimate of drug-likeness (QED) is 0.882. The Morgan fingerprint density at radius 3 is 3.00 bits per heavy atom. The number of carbonyl (C=O) groups excluding carboxylic acids is 1. The Hall–Kier alpha value is -2.01. The van der Waals surface area contributed by atoms with E-state index in [2.05, 4.69) is 10.3 Å². The largest absolute Gasteiger partial charge is 0.493 e. The number of nitrogens with one attached hydrogen (secondary N) is 1. The Bertz CT molecular complexity index is 619. The number of benzene rings is 1. The molecule has 108 valence electrons. The fourth-order valence-electron chi connectivity index (χ4n) is 2.30. The van der Waals surface area contributed by atoms with Crippen LogP contribution in [0.5, 0.6) is 5.75 Å². The Morgan fingerprint density at radius 2 is 2.14 bits per heavy atom. The highest BCUT2D eigenvalue weighted by atomic mass is 32.2. The molecule has 0 bridgehead atoms. The lowest BCUT2D eigenvalue weighted by Gasteiger charge is -2.26. The van der Waals surface area contributed by atoms with Gasteiger partial charge < -0.3 is 10.1 Å². The highest BCUT2D eigenvalue weighted by Crippen LogP contribution is 2.31. The van der Waals surface area contributed by atoms with Gasteiger partial charge >= 0.3 is 0 Å². The molecule has 0 spiro atoms. The summed E-state index contributed by atoms with van der Waals surface area (Å²) in [6, 6.07) is 13.6. The number of hydrogen-bond donors (Lipinski definition) is 1. The molecule has 1 unspecified atom stereocenters. The minimum absolute atomic E-state index is 0.0207. The maximum absolute atomic E-state index is 12.1. The number of nitrogens with zero attached hydrogens (tertiary/aromatic N) is 1. The van der Waals surface area contributed by atoms with Crippen molar-refractivity contribution in [2.75, 3.05) is 12.4 Å². The van der Waals surface area contributed by atoms with Crippen molar-refractivity contribution < 1.29 is 9.53 Å². The zero-order valence-corrected chi connectivity index (χ0v) is 12.3. The molecule has 2 aromatic rings. The monoisotopic (exact) mass is 300 g/mol. The Labute approximate surface area is 127 Å². The Kier molecular flexibility index (Phi) is 4.40. The lowest BCUT2D eigenvalue weighted by Crippen LogP contribution is -2.33. The third-order valence-corrected chi connectivity index (χ3v) is 4.23. The number of carbonyl (C=O) groups is 1. The topological polar surface area (TPSA) is 51.2 Å². The van der Waals surface area contributed by atoms with Gasteiger partial charge in [-0.1, -0.05) is 36.0 Å². The average molecular weight is 300 g/mol. The molecule has 21 heavy (non-hydrogen) atoms. The number of fused-ring (bicyclic) bond motifs is 1. The molecule has 1 aromatic heterocycles. The summed E-state index contributed by atoms with van der Waals surface area (Å²) in [7, 11) is 0. The zero-order chi connectivity index (χ0) is 14.5. The number of pyridine rings is 1. The summed E-state index contributed by atoms with van der Waals surface area (Å²) in [5.74, 6) is 1.26. The number of hydrogen-bond acceptors (Lipinski definition) is 4. The predicted octanol–water partition coefficient (Wildman–Crippen LogP) is 2.81. The molecular formula is C16H16N2O2S. The molecule has 1 aliphatic heterocycles. The first-order valence-corrected chi connectivity index (χ1v) is 7.86. The highest BCUT2D eigenvalue weighted by Gasteiger charge is 2.22. The number of ether oxygens (including phenoxy) is 1. The molecule has 0 radical (unpaired) electrons. The number of para-hydroxylation sites is 1. The molecule has 1 atom stereocenters. The van der Waals surface area contributed by atoms with Crippen LogP contribution < -0.4 is 10.1 Å². The molecule has 3 rings (SSSR count). The van der Waals surface area contributed by atoms with Crippen molar-refractivity contribution in [3.63, 3.8) is 0 Å². The van der Waals surface area contributed by atoms with Crippen molar-refractivity contribution in [1.82, 2.24) is 10.3 Å². The van der Waals surface area contributed by atoms with Gasteiger partial charge in [-0.05, 0) is 18.2 Å². The van der Waals surface area contributed by atoms with Crippen LogP contribution in [0.1, 0.15) is 18.0 Å². The van der Waals surface area contributed by atoms with Gasteiger partial charge in [0.15, 0.2) is 0 Å². The molecule has 1 amide bonds. The van der Waals surface area contributed by atoms with Gasteiger partial charge in [0.1, 0.15) is 5.75 Å². The van der Waals surface area contributed by atoms with Crippen LogP contribution in [-0.4, -0.2) is 23.3 Å². The van der Waals surface area contributed by atoms with Gasteiger partial charge in [-0.15, -0.1) is 0 Å². The third-order valence-electron chi connectivity index (χ3n) is 3.28. The minimum atomic E-state index is 0.0207. The van der Waals surface area contributed by atoms with Crippen molar-refractivity contribution in [3.05, 3.63) is 54.2 Å². The summed E-state index contributed by atoms with van der Waals surface area (Å²) < 4.78 is 5.60. The average Bonchev–Trinajstić information content (AvgIpc) is 2.54. The van der Waals surface area contributed by atoms with E-state index in [0.29, 0.717) is 12.4 Å². The standard InChI is InChI=1S/C16H16N2O2S/c19-15(11-21-16-7-3-4-9-17-16)18-13-8-10-20-14-6-2-1-5-12(13)14/h1-7,9,13H,8,10-11H2,(H,18,19). The summed E-state index contributed by atoms with van der Waals surface area (Å²) in [5.41, 5.74) is 1.06. The van der Waals surface area contributed by atoms with Crippen LogP contribution in [0.4, 0.5) is 0 Å². The van der Waals surface area contributed by atoms with Crippen LogP contribution >= 0.6 is 11.8 Å². The molecule has 0 saturated carbocycles. The molecule has 1 aliphatic rings. The van der Waals surface area contributed by atoms with Gasteiger partial charge in [0, 0.05) is 18.2 Å². The van der Waals surface area contributed by atoms with E-state index in [1.165, 1.54) is 11.8 Å². The summed E-state index contributed by atoms with van der Waals surface area (Å²) in [6.07, 6.45) is 2.53. The van der Waals surface area contributed by atoms with Crippen LogP contribution in [0.2, 0.25) is 0 Å². The fourth-order valence-corrected chi connectivity index (χ4v) is 2.97. The molecule has 0 aliphatic carbocycles. The highest BCUT2D eigenvalue weighted by molar-refractivity contribution is 7.99. The predicted molar refractivity (Wildman–Crippen MR) is 82.4 cm³/mol. The van der Waals surface area contributed by atoms with Crippen LogP contribution in [0.15, 0.2) is 53.7 Å². The normalized spacial score (nSPS) is 16.7. The van der Waals surface area contributed by atoms with E-state index in [4.69, 9.17) is 4.74 Å². The number of amides is 1. The van der Waals surface area contributed by atoms with E-state index in [9.17, 15) is 4.79 Å². The fraction of sp³-hybridized carbons (Fsp3) is 0.250. The van der Waals surface area contributed by atoms with E-state index < -0.39 is 0 Å². The van der Waals surface area contributed by atoms with Crippen LogP contribution in [0.3, 0.4) is 0 Å². The second-order valence-corrected chi connectivity index (χ2v) is 5.75. The first kappa shape index (κ1) is 13.9. The number of thioether (sulfide) groups is 1. The lowest BCUT2D eigenvalue weighted by molar-refractivity contribution is -0.119. The maximum atomic E-state index is 12.1. The molecule has 0 fully saturated rings. The van der Waals surface area contributed by atoms with Crippen molar-refractivity contribution in [2.45, 2.75) is 17.5 Å². The molecule has 4 nitrogen and oxygen atoms in total. The molecule has 0 saturated heterocycles. The second-order valence-electron chi connectivity index (χ2n) is 4.75. The van der Waals surface area contributed by atoms with E-state index in [1.54, 1.807) is 6.20 Å². The first-order valence-electron chi connectivity index (χ1n) is 6.88. The maximum Gasteiger partial charge on any atom is 0.230 e. The summed E-state index contributed by atoms with van der Waals surface area (Å²) >= 11 is 1.44. The minimum Gasteiger partial charge on any atom is -0.493 e.